The highest BCUT2D eigenvalue weighted by molar-refractivity contribution is 7.13. The zero-order valence-electron chi connectivity index (χ0n) is 9.41. The molecule has 0 N–H and O–H groups in total. The van der Waals surface area contributed by atoms with Gasteiger partial charge in [0.25, 0.3) is 0 Å². The topological polar surface area (TPSA) is 45.9 Å². The van der Waals surface area contributed by atoms with Gasteiger partial charge in [0.2, 0.25) is 0 Å². The first kappa shape index (κ1) is 12.5. The van der Waals surface area contributed by atoms with Gasteiger partial charge in [-0.25, -0.2) is 13.8 Å². The first-order valence-corrected chi connectivity index (χ1v) is 5.88. The first-order chi connectivity index (χ1) is 8.65. The molecule has 1 aromatic heterocycles. The molecule has 0 aliphatic heterocycles. The van der Waals surface area contributed by atoms with Gasteiger partial charge >= 0.3 is 0 Å². The van der Waals surface area contributed by atoms with E-state index >= 15 is 0 Å². The zero-order chi connectivity index (χ0) is 13.1. The highest BCUT2D eigenvalue weighted by atomic mass is 32.1. The average molecular weight is 266 g/mol. The van der Waals surface area contributed by atoms with Crippen molar-refractivity contribution in [3.8, 4) is 22.4 Å². The van der Waals surface area contributed by atoms with Gasteiger partial charge in [-0.05, 0) is 6.07 Å². The zero-order valence-corrected chi connectivity index (χ0v) is 10.2. The maximum absolute atomic E-state index is 13.8. The molecule has 0 atom stereocenters. The average Bonchev–Trinajstić information content (AvgIpc) is 2.80. The van der Waals surface area contributed by atoms with Gasteiger partial charge in [0.1, 0.15) is 10.8 Å². The third-order valence-electron chi connectivity index (χ3n) is 2.28. The lowest BCUT2D eigenvalue weighted by Crippen LogP contribution is -1.93. The highest BCUT2D eigenvalue weighted by Crippen LogP contribution is 2.30. The van der Waals surface area contributed by atoms with Crippen LogP contribution in [0.3, 0.4) is 0 Å². The molecule has 0 saturated carbocycles. The Hall–Kier alpha value is -2.00. The van der Waals surface area contributed by atoms with Crippen molar-refractivity contribution in [2.24, 2.45) is 0 Å². The Balaban J connectivity index is 2.44. The summed E-state index contributed by atoms with van der Waals surface area (Å²) < 4.78 is 31.9. The van der Waals surface area contributed by atoms with Gasteiger partial charge in [-0.2, -0.15) is 5.26 Å². The predicted octanol–water partition coefficient (Wildman–Crippen LogP) is 3.16. The molecule has 0 radical (unpaired) electrons. The van der Waals surface area contributed by atoms with Crippen molar-refractivity contribution in [2.45, 2.75) is 6.42 Å². The minimum Gasteiger partial charge on any atom is -0.494 e. The van der Waals surface area contributed by atoms with Gasteiger partial charge in [0.15, 0.2) is 11.6 Å². The van der Waals surface area contributed by atoms with Crippen molar-refractivity contribution in [2.75, 3.05) is 7.11 Å². The number of nitrogens with zero attached hydrogens (tertiary/aromatic N) is 2. The number of thiazole rings is 1. The molecule has 1 heterocycles. The van der Waals surface area contributed by atoms with E-state index in [-0.39, 0.29) is 17.7 Å². The minimum atomic E-state index is -0.647. The van der Waals surface area contributed by atoms with E-state index < -0.39 is 11.6 Å². The van der Waals surface area contributed by atoms with Gasteiger partial charge in [0.05, 0.1) is 25.3 Å². The summed E-state index contributed by atoms with van der Waals surface area (Å²) in [6, 6.07) is 3.98. The van der Waals surface area contributed by atoms with E-state index in [2.05, 4.69) is 9.72 Å². The maximum atomic E-state index is 13.8. The fourth-order valence-corrected chi connectivity index (χ4v) is 2.28. The Labute approximate surface area is 106 Å². The molecule has 0 bridgehead atoms. The Morgan fingerprint density at radius 1 is 1.39 bits per heavy atom. The Bertz CT molecular complexity index is 619. The molecule has 18 heavy (non-hydrogen) atoms. The third-order valence-corrected chi connectivity index (χ3v) is 3.21. The van der Waals surface area contributed by atoms with E-state index in [1.807, 2.05) is 6.07 Å². The largest absolute Gasteiger partial charge is 0.494 e. The molecular formula is C12H8F2N2OS. The number of nitriles is 1. The molecule has 6 heteroatoms. The van der Waals surface area contributed by atoms with Crippen LogP contribution < -0.4 is 4.74 Å². The van der Waals surface area contributed by atoms with Crippen LogP contribution in [0.1, 0.15) is 5.69 Å². The molecule has 2 aromatic rings. The predicted molar refractivity (Wildman–Crippen MR) is 63.3 cm³/mol. The second-order valence-corrected chi connectivity index (χ2v) is 4.30. The SMILES string of the molecule is COc1cc(F)c(-c2nc(CC#N)cs2)cc1F. The molecule has 0 aliphatic carbocycles. The van der Waals surface area contributed by atoms with Crippen molar-refractivity contribution in [1.29, 1.82) is 5.26 Å². The van der Waals surface area contributed by atoms with Gasteiger partial charge in [-0.15, -0.1) is 11.3 Å². The Morgan fingerprint density at radius 3 is 2.83 bits per heavy atom. The quantitative estimate of drug-likeness (QED) is 0.857. The summed E-state index contributed by atoms with van der Waals surface area (Å²) in [5, 5.41) is 10.5. The van der Waals surface area contributed by atoms with Crippen LogP contribution in [0.25, 0.3) is 10.6 Å². The molecule has 3 nitrogen and oxygen atoms in total. The van der Waals surface area contributed by atoms with Crippen LogP contribution in [0, 0.1) is 23.0 Å². The lowest BCUT2D eigenvalue weighted by molar-refractivity contribution is 0.383. The molecule has 0 unspecified atom stereocenters. The van der Waals surface area contributed by atoms with E-state index in [4.69, 9.17) is 5.26 Å². The number of aromatic nitrogens is 1. The van der Waals surface area contributed by atoms with Crippen LogP contribution in [0.5, 0.6) is 5.75 Å². The van der Waals surface area contributed by atoms with Crippen LogP contribution in [0.2, 0.25) is 0 Å². The highest BCUT2D eigenvalue weighted by Gasteiger charge is 2.14. The molecule has 2 rings (SSSR count). The van der Waals surface area contributed by atoms with E-state index in [9.17, 15) is 8.78 Å². The Morgan fingerprint density at radius 2 is 2.17 bits per heavy atom. The first-order valence-electron chi connectivity index (χ1n) is 5.00. The lowest BCUT2D eigenvalue weighted by atomic mass is 10.2. The summed E-state index contributed by atoms with van der Waals surface area (Å²) in [5.74, 6) is -1.40. The second-order valence-electron chi connectivity index (χ2n) is 3.45. The number of rotatable bonds is 3. The summed E-state index contributed by atoms with van der Waals surface area (Å²) >= 11 is 1.17. The molecule has 92 valence electrons. The summed E-state index contributed by atoms with van der Waals surface area (Å²) in [7, 11) is 1.27. The van der Waals surface area contributed by atoms with E-state index in [1.54, 1.807) is 5.38 Å². The monoisotopic (exact) mass is 266 g/mol. The minimum absolute atomic E-state index is 0.0717. The number of hydrogen-bond donors (Lipinski definition) is 0. The van der Waals surface area contributed by atoms with Crippen molar-refractivity contribution >= 4 is 11.3 Å². The van der Waals surface area contributed by atoms with Gasteiger partial charge in [0, 0.05) is 17.0 Å². The summed E-state index contributed by atoms with van der Waals surface area (Å²) in [5.41, 5.74) is 0.621. The summed E-state index contributed by atoms with van der Waals surface area (Å²) in [6.07, 6.45) is 0.150. The molecule has 0 saturated heterocycles. The van der Waals surface area contributed by atoms with Gasteiger partial charge in [-0.1, -0.05) is 0 Å². The van der Waals surface area contributed by atoms with Crippen molar-refractivity contribution in [3.05, 3.63) is 34.8 Å². The second kappa shape index (κ2) is 5.10. The molecule has 0 aliphatic rings. The number of hydrogen-bond acceptors (Lipinski definition) is 4. The smallest absolute Gasteiger partial charge is 0.165 e. The molecule has 0 spiro atoms. The Kier molecular flexibility index (Phi) is 3.53. The van der Waals surface area contributed by atoms with Crippen molar-refractivity contribution in [1.82, 2.24) is 4.98 Å². The maximum Gasteiger partial charge on any atom is 0.165 e. The lowest BCUT2D eigenvalue weighted by Gasteiger charge is -2.04. The van der Waals surface area contributed by atoms with Gasteiger partial charge in [-0.3, -0.25) is 0 Å². The van der Waals surface area contributed by atoms with Crippen LogP contribution in [-0.4, -0.2) is 12.1 Å². The van der Waals surface area contributed by atoms with E-state index in [1.165, 1.54) is 18.4 Å². The number of methoxy groups -OCH3 is 1. The van der Waals surface area contributed by atoms with Crippen LogP contribution >= 0.6 is 11.3 Å². The van der Waals surface area contributed by atoms with Gasteiger partial charge < -0.3 is 4.74 Å². The van der Waals surface area contributed by atoms with Crippen molar-refractivity contribution < 1.29 is 13.5 Å². The van der Waals surface area contributed by atoms with Crippen LogP contribution in [0.15, 0.2) is 17.5 Å². The molecule has 0 fully saturated rings. The van der Waals surface area contributed by atoms with Crippen molar-refractivity contribution in [3.63, 3.8) is 0 Å². The van der Waals surface area contributed by atoms with Crippen LogP contribution in [0.4, 0.5) is 8.78 Å². The van der Waals surface area contributed by atoms with Crippen LogP contribution in [-0.2, 0) is 6.42 Å². The summed E-state index contributed by atoms with van der Waals surface area (Å²) in [4.78, 5) is 4.08. The van der Waals surface area contributed by atoms with E-state index in [0.717, 1.165) is 12.1 Å². The standard InChI is InChI=1S/C12H8F2N2OS/c1-17-11-5-9(13)8(4-10(11)14)12-16-7(2-3-15)6-18-12/h4-6H,2H2,1H3. The number of benzene rings is 1. The fourth-order valence-electron chi connectivity index (χ4n) is 1.44. The summed E-state index contributed by atoms with van der Waals surface area (Å²) in [6.45, 7) is 0. The fraction of sp³-hybridized carbons (Fsp3) is 0.167. The van der Waals surface area contributed by atoms with E-state index in [0.29, 0.717) is 10.7 Å². The molecule has 1 aromatic carbocycles. The number of halogens is 2. The third kappa shape index (κ3) is 2.31. The molecule has 0 amide bonds. The normalized spacial score (nSPS) is 10.1. The molecular weight excluding hydrogens is 258 g/mol. The number of ether oxygens (including phenoxy) is 1.